The summed E-state index contributed by atoms with van der Waals surface area (Å²) >= 11 is 18.4. The number of hydrogen-bond donors (Lipinski definition) is 1. The molecule has 0 aliphatic carbocycles. The van der Waals surface area contributed by atoms with Crippen molar-refractivity contribution in [2.75, 3.05) is 5.32 Å². The standard InChI is InChI=1S/C22H16Cl2N2S/c23-15-10-11-19-17(13-15)21(16-8-4-5-9-18(16)24)25-20(22(27)26-19)12-14-6-2-1-3-7-14/h1-11,13,20H,12H2,(H,26,27). The molecule has 4 rings (SSSR count). The minimum absolute atomic E-state index is 0.195. The van der Waals surface area contributed by atoms with Crippen LogP contribution in [0.1, 0.15) is 16.7 Å². The van der Waals surface area contributed by atoms with Gasteiger partial charge in [0.1, 0.15) is 11.0 Å². The maximum absolute atomic E-state index is 6.49. The highest BCUT2D eigenvalue weighted by Crippen LogP contribution is 2.30. The highest BCUT2D eigenvalue weighted by atomic mass is 35.5. The lowest BCUT2D eigenvalue weighted by Crippen LogP contribution is -2.25. The molecule has 1 heterocycles. The Hall–Kier alpha value is -2.20. The van der Waals surface area contributed by atoms with Crippen molar-refractivity contribution in [3.05, 3.63) is 99.5 Å². The number of fused-ring (bicyclic) bond motifs is 1. The number of nitrogens with one attached hydrogen (secondary N) is 1. The molecule has 1 aliphatic rings. The molecule has 0 saturated heterocycles. The Balaban J connectivity index is 1.86. The molecule has 0 bridgehead atoms. The molecule has 0 fully saturated rings. The van der Waals surface area contributed by atoms with Crippen molar-refractivity contribution in [1.29, 1.82) is 0 Å². The smallest absolute Gasteiger partial charge is 0.105 e. The zero-order chi connectivity index (χ0) is 18.8. The first-order valence-electron chi connectivity index (χ1n) is 8.59. The summed E-state index contributed by atoms with van der Waals surface area (Å²) in [6, 6.07) is 23.4. The molecule has 0 saturated carbocycles. The highest BCUT2D eigenvalue weighted by molar-refractivity contribution is 7.80. The van der Waals surface area contributed by atoms with Crippen molar-refractivity contribution in [1.82, 2.24) is 0 Å². The molecule has 134 valence electrons. The van der Waals surface area contributed by atoms with E-state index in [2.05, 4.69) is 17.4 Å². The van der Waals surface area contributed by atoms with Crippen LogP contribution >= 0.6 is 35.4 Å². The topological polar surface area (TPSA) is 24.4 Å². The van der Waals surface area contributed by atoms with Crippen LogP contribution in [0.25, 0.3) is 0 Å². The number of hydrogen-bond acceptors (Lipinski definition) is 2. The van der Waals surface area contributed by atoms with Gasteiger partial charge in [0, 0.05) is 33.3 Å². The quantitative estimate of drug-likeness (QED) is 0.520. The fourth-order valence-electron chi connectivity index (χ4n) is 3.17. The van der Waals surface area contributed by atoms with E-state index in [4.69, 9.17) is 40.4 Å². The number of rotatable bonds is 3. The SMILES string of the molecule is S=C1Nc2ccc(Cl)cc2C(c2ccccc2Cl)=NC1Cc1ccccc1. The number of benzodiazepines with no additional fused rings is 1. The molecular weight excluding hydrogens is 395 g/mol. The van der Waals surface area contributed by atoms with Gasteiger partial charge in [0.05, 0.1) is 5.71 Å². The molecule has 3 aromatic rings. The second-order valence-corrected chi connectivity index (χ2v) is 7.63. The molecule has 1 unspecified atom stereocenters. The summed E-state index contributed by atoms with van der Waals surface area (Å²) < 4.78 is 0. The van der Waals surface area contributed by atoms with E-state index in [1.807, 2.05) is 60.7 Å². The van der Waals surface area contributed by atoms with Crippen molar-refractivity contribution < 1.29 is 0 Å². The van der Waals surface area contributed by atoms with E-state index in [1.54, 1.807) is 0 Å². The monoisotopic (exact) mass is 410 g/mol. The van der Waals surface area contributed by atoms with Crippen LogP contribution in [0, 0.1) is 0 Å². The Morgan fingerprint density at radius 2 is 1.63 bits per heavy atom. The van der Waals surface area contributed by atoms with Crippen molar-refractivity contribution in [3.8, 4) is 0 Å². The van der Waals surface area contributed by atoms with Crippen LogP contribution in [0.15, 0.2) is 77.8 Å². The average molecular weight is 411 g/mol. The molecule has 2 nitrogen and oxygen atoms in total. The Morgan fingerprint density at radius 1 is 0.889 bits per heavy atom. The number of benzene rings is 3. The molecule has 1 atom stereocenters. The van der Waals surface area contributed by atoms with E-state index in [0.717, 1.165) is 22.5 Å². The fraction of sp³-hybridized carbons (Fsp3) is 0.0909. The number of thiocarbonyl (C=S) groups is 1. The first-order chi connectivity index (χ1) is 13.1. The maximum Gasteiger partial charge on any atom is 0.105 e. The van der Waals surface area contributed by atoms with Crippen LogP contribution in [0.5, 0.6) is 0 Å². The Labute approximate surface area is 173 Å². The largest absolute Gasteiger partial charge is 0.348 e. The lowest BCUT2D eigenvalue weighted by atomic mass is 10.00. The van der Waals surface area contributed by atoms with Crippen molar-refractivity contribution >= 4 is 51.8 Å². The van der Waals surface area contributed by atoms with Crippen LogP contribution in [0.2, 0.25) is 10.0 Å². The van der Waals surface area contributed by atoms with Crippen molar-refractivity contribution in [2.24, 2.45) is 4.99 Å². The van der Waals surface area contributed by atoms with Crippen molar-refractivity contribution in [2.45, 2.75) is 12.5 Å². The van der Waals surface area contributed by atoms with E-state index in [-0.39, 0.29) is 6.04 Å². The molecule has 3 aromatic carbocycles. The number of nitrogens with zero attached hydrogens (tertiary/aromatic N) is 1. The molecule has 0 spiro atoms. The predicted octanol–water partition coefficient (Wildman–Crippen LogP) is 6.20. The predicted molar refractivity (Wildman–Crippen MR) is 119 cm³/mol. The highest BCUT2D eigenvalue weighted by Gasteiger charge is 2.24. The van der Waals surface area contributed by atoms with E-state index >= 15 is 0 Å². The first kappa shape index (κ1) is 18.2. The summed E-state index contributed by atoms with van der Waals surface area (Å²) in [5.41, 5.74) is 4.63. The maximum atomic E-state index is 6.49. The molecule has 5 heteroatoms. The van der Waals surface area contributed by atoms with Crippen LogP contribution in [-0.2, 0) is 6.42 Å². The van der Waals surface area contributed by atoms with E-state index in [1.165, 1.54) is 5.56 Å². The molecule has 0 aromatic heterocycles. The van der Waals surface area contributed by atoms with Crippen molar-refractivity contribution in [3.63, 3.8) is 0 Å². The second kappa shape index (κ2) is 7.81. The lowest BCUT2D eigenvalue weighted by Gasteiger charge is -2.14. The molecule has 1 N–H and O–H groups in total. The Bertz CT molecular complexity index is 1030. The van der Waals surface area contributed by atoms with Gasteiger partial charge in [-0.2, -0.15) is 0 Å². The third-order valence-electron chi connectivity index (χ3n) is 4.48. The summed E-state index contributed by atoms with van der Waals surface area (Å²) in [7, 11) is 0. The molecular formula is C22H16Cl2N2S. The van der Waals surface area contributed by atoms with Gasteiger partial charge in [0.15, 0.2) is 0 Å². The van der Waals surface area contributed by atoms with Crippen LogP contribution < -0.4 is 5.32 Å². The van der Waals surface area contributed by atoms with Gasteiger partial charge in [-0.15, -0.1) is 0 Å². The van der Waals surface area contributed by atoms with Gasteiger partial charge in [0.2, 0.25) is 0 Å². The summed E-state index contributed by atoms with van der Waals surface area (Å²) in [5, 5.41) is 4.64. The lowest BCUT2D eigenvalue weighted by molar-refractivity contribution is 0.862. The number of halogens is 2. The van der Waals surface area contributed by atoms with E-state index in [9.17, 15) is 0 Å². The average Bonchev–Trinajstić information content (AvgIpc) is 2.80. The van der Waals surface area contributed by atoms with Gasteiger partial charge in [-0.05, 0) is 29.8 Å². The van der Waals surface area contributed by atoms with Gasteiger partial charge >= 0.3 is 0 Å². The number of aliphatic imine (C=N–C) groups is 1. The second-order valence-electron chi connectivity index (χ2n) is 6.34. The fourth-order valence-corrected chi connectivity index (χ4v) is 3.81. The van der Waals surface area contributed by atoms with Crippen LogP contribution in [-0.4, -0.2) is 16.7 Å². The van der Waals surface area contributed by atoms with Gasteiger partial charge in [-0.1, -0.05) is 84.0 Å². The summed E-state index contributed by atoms with van der Waals surface area (Å²) in [6.07, 6.45) is 0.711. The zero-order valence-corrected chi connectivity index (χ0v) is 16.7. The number of anilines is 1. The summed E-state index contributed by atoms with van der Waals surface area (Å²) in [4.78, 5) is 5.72. The summed E-state index contributed by atoms with van der Waals surface area (Å²) in [6.45, 7) is 0. The van der Waals surface area contributed by atoms with Crippen LogP contribution in [0.4, 0.5) is 5.69 Å². The van der Waals surface area contributed by atoms with Gasteiger partial charge in [-0.3, -0.25) is 4.99 Å². The van der Waals surface area contributed by atoms with Crippen LogP contribution in [0.3, 0.4) is 0 Å². The summed E-state index contributed by atoms with van der Waals surface area (Å²) in [5.74, 6) is 0. The third kappa shape index (κ3) is 3.91. The zero-order valence-electron chi connectivity index (χ0n) is 14.3. The molecule has 27 heavy (non-hydrogen) atoms. The molecule has 1 aliphatic heterocycles. The minimum Gasteiger partial charge on any atom is -0.348 e. The van der Waals surface area contributed by atoms with Gasteiger partial charge in [-0.25, -0.2) is 0 Å². The minimum atomic E-state index is -0.195. The normalized spacial score (nSPS) is 16.1. The Morgan fingerprint density at radius 3 is 2.41 bits per heavy atom. The van der Waals surface area contributed by atoms with Gasteiger partial charge < -0.3 is 5.32 Å². The first-order valence-corrected chi connectivity index (χ1v) is 9.75. The third-order valence-corrected chi connectivity index (χ3v) is 5.42. The Kier molecular flexibility index (Phi) is 5.26. The van der Waals surface area contributed by atoms with E-state index in [0.29, 0.717) is 21.5 Å². The van der Waals surface area contributed by atoms with Gasteiger partial charge in [0.25, 0.3) is 0 Å². The molecule has 0 radical (unpaired) electrons. The molecule has 0 amide bonds. The van der Waals surface area contributed by atoms with E-state index < -0.39 is 0 Å².